The molecule has 1 heterocycles. The van der Waals surface area contributed by atoms with Gasteiger partial charge < -0.3 is 66.8 Å². The molecule has 0 radical (unpaired) electrons. The largest absolute Gasteiger partial charge is 0.467 e. The number of carbonyl (C=O) groups is 8. The minimum absolute atomic E-state index is 0.0451. The van der Waals surface area contributed by atoms with E-state index in [2.05, 4.69) is 31.9 Å². The normalized spacial score (nSPS) is 16.7. The van der Waals surface area contributed by atoms with Gasteiger partial charge in [-0.15, -0.1) is 0 Å². The number of ether oxygens (including phenoxy) is 4. The third-order valence-electron chi connectivity index (χ3n) is 16.9. The average molecular weight is 1240 g/mol. The van der Waals surface area contributed by atoms with Gasteiger partial charge in [0.15, 0.2) is 0 Å². The zero-order chi connectivity index (χ0) is 66.1. The minimum atomic E-state index is -0.933. The van der Waals surface area contributed by atoms with E-state index in [9.17, 15) is 38.4 Å². The highest BCUT2D eigenvalue weighted by Gasteiger charge is 2.44. The van der Waals surface area contributed by atoms with Crippen LogP contribution in [-0.2, 0) is 67.3 Å². The van der Waals surface area contributed by atoms with E-state index in [1.165, 1.54) is 21.3 Å². The molecule has 0 aromatic heterocycles. The second-order valence-corrected chi connectivity index (χ2v) is 24.6. The Morgan fingerprint density at radius 2 is 1.40 bits per heavy atom. The summed E-state index contributed by atoms with van der Waals surface area (Å²) in [4.78, 5) is 113. The molecule has 10 N–H and O–H groups in total. The van der Waals surface area contributed by atoms with Crippen molar-refractivity contribution in [1.29, 1.82) is 0 Å². The molecular formula is C66H103N11O12. The van der Waals surface area contributed by atoms with E-state index in [0.717, 1.165) is 11.1 Å². The molecule has 11 unspecified atom stereocenters. The van der Waals surface area contributed by atoms with Crippen molar-refractivity contribution in [2.24, 2.45) is 41.1 Å². The Morgan fingerprint density at radius 3 is 2.00 bits per heavy atom. The summed E-state index contributed by atoms with van der Waals surface area (Å²) in [6.07, 6.45) is 0.927. The number of nitrogens with two attached hydrogens (primary N) is 2. The van der Waals surface area contributed by atoms with E-state index >= 15 is 0 Å². The summed E-state index contributed by atoms with van der Waals surface area (Å²) >= 11 is 0. The number of anilines is 2. The SMILES string of the molecule is CCC(C)C(C(CC(=O)N1CCCC1C(OC)C(C)C(=O)NC(Cc1ccccc1)C(=O)OC)OC)N(C)C(=O)C(NC(=O)C(C(C)C)N(C)Cc1cccc(NC(=O)OCc2ccc(NC(=O)C(CCCNC(N)=O)NCC(N)C(C)C)cc2)c1)C(C)C. The molecule has 1 aliphatic heterocycles. The first-order chi connectivity index (χ1) is 42.2. The Morgan fingerprint density at radius 1 is 0.730 bits per heavy atom. The molecule has 23 nitrogen and oxygen atoms in total. The number of benzene rings is 3. The van der Waals surface area contributed by atoms with Crippen LogP contribution in [0, 0.1) is 29.6 Å². The number of nitrogens with one attached hydrogen (secondary N) is 6. The number of primary amides is 1. The molecule has 1 fully saturated rings. The number of amides is 8. The Bertz CT molecular complexity index is 2740. The number of carbonyl (C=O) groups excluding carboxylic acids is 8. The fraction of sp³-hybridized carbons (Fsp3) is 0.606. The van der Waals surface area contributed by atoms with Crippen LogP contribution in [0.5, 0.6) is 0 Å². The van der Waals surface area contributed by atoms with Crippen molar-refractivity contribution in [3.8, 4) is 0 Å². The number of urea groups is 1. The molecular weight excluding hydrogens is 1140 g/mol. The lowest BCUT2D eigenvalue weighted by molar-refractivity contribution is -0.149. The molecule has 3 aromatic carbocycles. The van der Waals surface area contributed by atoms with Crippen molar-refractivity contribution in [3.05, 3.63) is 95.6 Å². The quantitative estimate of drug-likeness (QED) is 0.0238. The van der Waals surface area contributed by atoms with Crippen LogP contribution in [0.25, 0.3) is 0 Å². The van der Waals surface area contributed by atoms with Crippen LogP contribution in [0.15, 0.2) is 78.9 Å². The standard InChI is InChI=1S/C66H103N11O12/c1-15-43(8)58(54(86-12)36-55(78)77-33-21-27-53(77)59(87-13)44(9)60(79)73-52(64(83)88-14)35-45-22-17-16-18-23-45)76(11)63(82)56(41(4)5)74-62(81)57(42(6)7)75(10)38-47-24-19-25-49(34-47)72-66(85)89-39-46-28-30-48(31-29-46)71-61(80)51(26-20-32-69-65(68)84)70-37-50(67)40(2)3/h16-19,22-25,28-31,34,40-44,50-54,56-59,70H,15,20-21,26-27,32-33,35-39,67H2,1-14H3,(H,71,80)(H,72,85)(H,73,79)(H,74,81)(H3,68,69,84). The number of nitrogens with zero attached hydrogens (tertiary/aromatic N) is 3. The molecule has 0 saturated carbocycles. The molecule has 1 aliphatic rings. The van der Waals surface area contributed by atoms with E-state index in [0.29, 0.717) is 75.2 Å². The number of rotatable bonds is 36. The lowest BCUT2D eigenvalue weighted by Crippen LogP contribution is -2.60. The van der Waals surface area contributed by atoms with E-state index in [4.69, 9.17) is 30.4 Å². The molecule has 11 atom stereocenters. The van der Waals surface area contributed by atoms with E-state index in [1.54, 1.807) is 66.2 Å². The van der Waals surface area contributed by atoms with E-state index < -0.39 is 78.4 Å². The van der Waals surface area contributed by atoms with Gasteiger partial charge in [-0.25, -0.2) is 14.4 Å². The van der Waals surface area contributed by atoms with Gasteiger partial charge in [0, 0.05) is 71.3 Å². The van der Waals surface area contributed by atoms with Gasteiger partial charge in [-0.3, -0.25) is 34.2 Å². The summed E-state index contributed by atoms with van der Waals surface area (Å²) in [5.74, 6) is -3.30. The molecule has 8 amide bonds. The number of likely N-dealkylation sites (tertiary alicyclic amines) is 1. The minimum Gasteiger partial charge on any atom is -0.467 e. The average Bonchev–Trinajstić information content (AvgIpc) is 2.85. The summed E-state index contributed by atoms with van der Waals surface area (Å²) in [5, 5.41) is 17.5. The highest BCUT2D eigenvalue weighted by molar-refractivity contribution is 5.95. The van der Waals surface area contributed by atoms with Gasteiger partial charge in [0.1, 0.15) is 18.7 Å². The van der Waals surface area contributed by atoms with Gasteiger partial charge in [-0.2, -0.15) is 0 Å². The molecule has 3 aromatic rings. The van der Waals surface area contributed by atoms with Gasteiger partial charge in [0.2, 0.25) is 29.5 Å². The third-order valence-corrected chi connectivity index (χ3v) is 16.9. The van der Waals surface area contributed by atoms with Crippen molar-refractivity contribution in [1.82, 2.24) is 36.0 Å². The fourth-order valence-corrected chi connectivity index (χ4v) is 11.5. The predicted molar refractivity (Wildman–Crippen MR) is 344 cm³/mol. The summed E-state index contributed by atoms with van der Waals surface area (Å²) in [5.41, 5.74) is 14.8. The number of hydrogen-bond donors (Lipinski definition) is 8. The van der Waals surface area contributed by atoms with E-state index in [-0.39, 0.29) is 72.8 Å². The van der Waals surface area contributed by atoms with Crippen molar-refractivity contribution in [2.75, 3.05) is 65.7 Å². The monoisotopic (exact) mass is 1240 g/mol. The van der Waals surface area contributed by atoms with Crippen molar-refractivity contribution in [2.45, 2.75) is 175 Å². The first-order valence-electron chi connectivity index (χ1n) is 31.2. The van der Waals surface area contributed by atoms with Gasteiger partial charge in [0.25, 0.3) is 0 Å². The van der Waals surface area contributed by atoms with Gasteiger partial charge in [0.05, 0.1) is 55.8 Å². The zero-order valence-corrected chi connectivity index (χ0v) is 55.0. The number of esters is 1. The van der Waals surface area contributed by atoms with Crippen molar-refractivity contribution < 1.29 is 57.3 Å². The van der Waals surface area contributed by atoms with Crippen molar-refractivity contribution >= 4 is 59.0 Å². The van der Waals surface area contributed by atoms with Gasteiger partial charge >= 0.3 is 18.1 Å². The number of likely N-dealkylation sites (N-methyl/N-ethyl adjacent to an activating group) is 2. The molecule has 23 heteroatoms. The smallest absolute Gasteiger partial charge is 0.411 e. The van der Waals surface area contributed by atoms with Gasteiger partial charge in [-0.05, 0) is 97.4 Å². The molecule has 4 rings (SSSR count). The summed E-state index contributed by atoms with van der Waals surface area (Å²) in [6.45, 7) is 18.8. The van der Waals surface area contributed by atoms with Gasteiger partial charge in [-0.1, -0.05) is 123 Å². The Kier molecular flexibility index (Phi) is 31.0. The topological polar surface area (TPSA) is 307 Å². The van der Waals surface area contributed by atoms with Crippen LogP contribution in [0.1, 0.15) is 118 Å². The van der Waals surface area contributed by atoms with E-state index in [1.807, 2.05) is 104 Å². The van der Waals surface area contributed by atoms with Crippen LogP contribution in [0.2, 0.25) is 0 Å². The number of hydrogen-bond acceptors (Lipinski definition) is 15. The maximum absolute atomic E-state index is 14.9. The molecule has 0 aliphatic carbocycles. The highest BCUT2D eigenvalue weighted by Crippen LogP contribution is 2.30. The van der Waals surface area contributed by atoms with Crippen LogP contribution in [0.4, 0.5) is 21.0 Å². The maximum atomic E-state index is 14.9. The Balaban J connectivity index is 1.38. The Labute approximate surface area is 527 Å². The second-order valence-electron chi connectivity index (χ2n) is 24.6. The summed E-state index contributed by atoms with van der Waals surface area (Å²) < 4.78 is 22.7. The van der Waals surface area contributed by atoms with Crippen LogP contribution in [0.3, 0.4) is 0 Å². The van der Waals surface area contributed by atoms with Crippen molar-refractivity contribution in [3.63, 3.8) is 0 Å². The molecule has 1 saturated heterocycles. The van der Waals surface area contributed by atoms with Crippen LogP contribution in [-0.4, -0.2) is 172 Å². The summed E-state index contributed by atoms with van der Waals surface area (Å²) in [7, 11) is 7.85. The lowest BCUT2D eigenvalue weighted by Gasteiger charge is -2.41. The fourth-order valence-electron chi connectivity index (χ4n) is 11.5. The maximum Gasteiger partial charge on any atom is 0.411 e. The molecule has 0 bridgehead atoms. The van der Waals surface area contributed by atoms with Crippen LogP contribution >= 0.6 is 0 Å². The second kappa shape index (κ2) is 37.1. The highest BCUT2D eigenvalue weighted by atomic mass is 16.5. The first-order valence-corrected chi connectivity index (χ1v) is 31.2. The molecule has 89 heavy (non-hydrogen) atoms. The first kappa shape index (κ1) is 74.3. The predicted octanol–water partition coefficient (Wildman–Crippen LogP) is 6.18. The molecule has 0 spiro atoms. The third kappa shape index (κ3) is 23.0. The van der Waals surface area contributed by atoms with Crippen LogP contribution < -0.4 is 43.4 Å². The zero-order valence-electron chi connectivity index (χ0n) is 55.0. The lowest BCUT2D eigenvalue weighted by atomic mass is 9.89. The molecule has 494 valence electrons. The summed E-state index contributed by atoms with van der Waals surface area (Å²) in [6, 6.07) is 18.5. The Hall–Kier alpha value is -7.18. The number of methoxy groups -OCH3 is 3.